The molecule has 0 spiro atoms. The second-order valence-electron chi connectivity index (χ2n) is 16.0. The molecule has 10 rings (SSSR count). The van der Waals surface area contributed by atoms with Crippen LogP contribution in [0.3, 0.4) is 0 Å². The summed E-state index contributed by atoms with van der Waals surface area (Å²) in [6.45, 7) is 6.57. The minimum absolute atomic E-state index is 0.0875. The second kappa shape index (κ2) is 15.5. The van der Waals surface area contributed by atoms with Crippen LogP contribution in [0.15, 0.2) is 199 Å². The van der Waals surface area contributed by atoms with Gasteiger partial charge in [-0.05, 0) is 155 Å². The van der Waals surface area contributed by atoms with Crippen LogP contribution >= 0.6 is 0 Å². The van der Waals surface area contributed by atoms with Gasteiger partial charge in [-0.15, -0.1) is 0 Å². The first-order valence-electron chi connectivity index (χ1n) is 21.0. The lowest BCUT2D eigenvalue weighted by molar-refractivity contribution is 1.18. The maximum atomic E-state index is 2.52. The van der Waals surface area contributed by atoms with Gasteiger partial charge in [0.05, 0.1) is 0 Å². The lowest BCUT2D eigenvalue weighted by atomic mass is 9.33. The Morgan fingerprint density at radius 2 is 1.49 bits per heavy atom. The van der Waals surface area contributed by atoms with Crippen molar-refractivity contribution in [2.45, 2.75) is 40.0 Å². The van der Waals surface area contributed by atoms with Crippen LogP contribution < -0.4 is 26.2 Å². The van der Waals surface area contributed by atoms with Gasteiger partial charge in [0.25, 0.3) is 6.71 Å². The van der Waals surface area contributed by atoms with Crippen LogP contribution in [0.1, 0.15) is 48.9 Å². The molecular formula is C56H47BN2. The van der Waals surface area contributed by atoms with E-state index in [1.807, 2.05) is 0 Å². The van der Waals surface area contributed by atoms with Gasteiger partial charge in [0, 0.05) is 34.1 Å². The van der Waals surface area contributed by atoms with E-state index in [2.05, 4.69) is 225 Å². The molecule has 0 unspecified atom stereocenters. The molecule has 0 radical (unpaired) electrons. The molecule has 0 atom stereocenters. The van der Waals surface area contributed by atoms with E-state index in [0.29, 0.717) is 0 Å². The minimum atomic E-state index is 0.0875. The van der Waals surface area contributed by atoms with E-state index in [-0.39, 0.29) is 6.71 Å². The summed E-state index contributed by atoms with van der Waals surface area (Å²) < 4.78 is 0. The summed E-state index contributed by atoms with van der Waals surface area (Å²) in [4.78, 5) is 4.99. The fourth-order valence-electron chi connectivity index (χ4n) is 9.54. The fraction of sp³-hybridized carbons (Fsp3) is 0.107. The van der Waals surface area contributed by atoms with Gasteiger partial charge in [-0.2, -0.15) is 0 Å². The van der Waals surface area contributed by atoms with Crippen molar-refractivity contribution in [3.63, 3.8) is 0 Å². The molecule has 6 aromatic carbocycles. The minimum Gasteiger partial charge on any atom is -0.312 e. The summed E-state index contributed by atoms with van der Waals surface area (Å²) in [6.07, 6.45) is 29.4. The van der Waals surface area contributed by atoms with E-state index in [1.165, 1.54) is 94.9 Å². The van der Waals surface area contributed by atoms with Gasteiger partial charge in [-0.3, -0.25) is 0 Å². The fourth-order valence-corrected chi connectivity index (χ4v) is 9.54. The van der Waals surface area contributed by atoms with Crippen LogP contribution in [0.4, 0.5) is 28.4 Å². The molecule has 0 aromatic heterocycles. The second-order valence-corrected chi connectivity index (χ2v) is 16.0. The van der Waals surface area contributed by atoms with Gasteiger partial charge in [0.15, 0.2) is 0 Å². The quantitative estimate of drug-likeness (QED) is 0.112. The van der Waals surface area contributed by atoms with Crippen molar-refractivity contribution >= 4 is 57.6 Å². The maximum Gasteiger partial charge on any atom is 0.252 e. The van der Waals surface area contributed by atoms with Crippen molar-refractivity contribution in [3.05, 3.63) is 222 Å². The standard InChI is InChI=1S/C56H47BN2/c1-4-17-46(5-2)58-52-25-16-15-24-50(52)57-51-33-26-41(21-12-8-11-20-40-18-9-6-7-10-19-40)36-53(51)59(55-35-39(3)34-54(58)56(55)57)47-31-29-42(30-32-47)43-27-28-45-37-44-22-13-14-23-48(44)49(45)38-43/h4-6,8-19,21-36,38H,7,20,37H2,1-3H3/b11-8-,17-4-,21-12-,46-5+. The summed E-state index contributed by atoms with van der Waals surface area (Å²) in [7, 11) is 0. The highest BCUT2D eigenvalue weighted by atomic mass is 15.2. The smallest absolute Gasteiger partial charge is 0.252 e. The van der Waals surface area contributed by atoms with Crippen LogP contribution in [0.25, 0.3) is 28.3 Å². The predicted molar refractivity (Wildman–Crippen MR) is 255 cm³/mol. The summed E-state index contributed by atoms with van der Waals surface area (Å²) in [6, 6.07) is 45.9. The zero-order valence-corrected chi connectivity index (χ0v) is 34.1. The average molecular weight is 759 g/mol. The van der Waals surface area contributed by atoms with E-state index in [9.17, 15) is 0 Å². The lowest BCUT2D eigenvalue weighted by Gasteiger charge is -2.44. The number of nitrogens with zero attached hydrogens (tertiary/aromatic N) is 2. The number of rotatable bonds is 8. The van der Waals surface area contributed by atoms with E-state index in [4.69, 9.17) is 0 Å². The monoisotopic (exact) mass is 758 g/mol. The average Bonchev–Trinajstić information content (AvgIpc) is 3.43. The van der Waals surface area contributed by atoms with Gasteiger partial charge in [0.2, 0.25) is 0 Å². The maximum absolute atomic E-state index is 2.52. The highest BCUT2D eigenvalue weighted by molar-refractivity contribution is 7.00. The van der Waals surface area contributed by atoms with Gasteiger partial charge in [-0.1, -0.05) is 146 Å². The molecule has 3 heteroatoms. The van der Waals surface area contributed by atoms with E-state index in [0.717, 1.165) is 24.9 Å². The van der Waals surface area contributed by atoms with Gasteiger partial charge in [0.1, 0.15) is 0 Å². The third-order valence-corrected chi connectivity index (χ3v) is 12.2. The molecule has 0 saturated heterocycles. The van der Waals surface area contributed by atoms with Gasteiger partial charge >= 0.3 is 0 Å². The molecular weight excluding hydrogens is 711 g/mol. The highest BCUT2D eigenvalue weighted by Crippen LogP contribution is 2.44. The Morgan fingerprint density at radius 3 is 2.37 bits per heavy atom. The van der Waals surface area contributed by atoms with Crippen LogP contribution in [0.5, 0.6) is 0 Å². The number of benzene rings is 6. The van der Waals surface area contributed by atoms with E-state index in [1.54, 1.807) is 0 Å². The first kappa shape index (κ1) is 36.5. The van der Waals surface area contributed by atoms with Crippen molar-refractivity contribution in [2.75, 3.05) is 9.80 Å². The molecule has 2 heterocycles. The van der Waals surface area contributed by atoms with Crippen LogP contribution in [0, 0.1) is 6.92 Å². The summed E-state index contributed by atoms with van der Waals surface area (Å²) in [5, 5.41) is 0. The first-order valence-corrected chi connectivity index (χ1v) is 21.0. The number of allylic oxidation sites excluding steroid dienone is 12. The van der Waals surface area contributed by atoms with Crippen LogP contribution in [-0.4, -0.2) is 6.71 Å². The molecule has 0 N–H and O–H groups in total. The molecule has 284 valence electrons. The zero-order chi connectivity index (χ0) is 39.9. The van der Waals surface area contributed by atoms with E-state index < -0.39 is 0 Å². The Kier molecular flexibility index (Phi) is 9.58. The number of hydrogen-bond acceptors (Lipinski definition) is 2. The van der Waals surface area contributed by atoms with Gasteiger partial charge < -0.3 is 9.80 Å². The van der Waals surface area contributed by atoms with Crippen LogP contribution in [0.2, 0.25) is 0 Å². The lowest BCUT2D eigenvalue weighted by Crippen LogP contribution is -2.61. The molecule has 0 fully saturated rings. The number of hydrogen-bond donors (Lipinski definition) is 0. The molecule has 59 heavy (non-hydrogen) atoms. The summed E-state index contributed by atoms with van der Waals surface area (Å²) >= 11 is 0. The van der Waals surface area contributed by atoms with Crippen molar-refractivity contribution in [2.24, 2.45) is 0 Å². The predicted octanol–water partition coefficient (Wildman–Crippen LogP) is 12.9. The Morgan fingerprint density at radius 1 is 0.695 bits per heavy atom. The van der Waals surface area contributed by atoms with E-state index >= 15 is 0 Å². The SMILES string of the molecule is C/C=C\C(=C/C)N1c2ccccc2B2c3ccc(/C=C\C=C/CC4=CC=CCC=C4)cc3N(c3ccc(-c4ccc5c(c4)-c4ccccc4C5)cc3)c3cc(C)cc1c32. The van der Waals surface area contributed by atoms with Crippen molar-refractivity contribution in [1.82, 2.24) is 0 Å². The van der Waals surface area contributed by atoms with Gasteiger partial charge in [-0.25, -0.2) is 0 Å². The Hall–Kier alpha value is -6.84. The number of fused-ring (bicyclic) bond motifs is 7. The van der Waals surface area contributed by atoms with Crippen molar-refractivity contribution in [1.29, 1.82) is 0 Å². The Labute approximate surface area is 350 Å². The summed E-state index contributed by atoms with van der Waals surface area (Å²) in [5.74, 6) is 0. The summed E-state index contributed by atoms with van der Waals surface area (Å²) in [5.41, 5.74) is 23.0. The number of anilines is 5. The molecule has 2 nitrogen and oxygen atoms in total. The molecule has 0 saturated carbocycles. The molecule has 4 aliphatic rings. The highest BCUT2D eigenvalue weighted by Gasteiger charge is 2.43. The molecule has 0 bridgehead atoms. The molecule has 6 aromatic rings. The normalized spacial score (nSPS) is 15.1. The largest absolute Gasteiger partial charge is 0.312 e. The van der Waals surface area contributed by atoms with Crippen molar-refractivity contribution in [3.8, 4) is 22.3 Å². The molecule has 2 aliphatic carbocycles. The van der Waals surface area contributed by atoms with Crippen LogP contribution in [-0.2, 0) is 6.42 Å². The number of para-hydroxylation sites is 1. The molecule has 2 aliphatic heterocycles. The molecule has 0 amide bonds. The Balaban J connectivity index is 1.09. The Bertz CT molecular complexity index is 2840. The third-order valence-electron chi connectivity index (χ3n) is 12.2. The topological polar surface area (TPSA) is 6.48 Å². The van der Waals surface area contributed by atoms with Crippen molar-refractivity contribution < 1.29 is 0 Å². The number of aryl methyl sites for hydroxylation is 1. The first-order chi connectivity index (χ1) is 29.1. The zero-order valence-electron chi connectivity index (χ0n) is 34.1. The third kappa shape index (κ3) is 6.57.